The number of rotatable bonds is 9. The summed E-state index contributed by atoms with van der Waals surface area (Å²) in [5.74, 6) is 0.292. The lowest BCUT2D eigenvalue weighted by Crippen LogP contribution is -2.15. The number of ether oxygens (including phenoxy) is 1. The summed E-state index contributed by atoms with van der Waals surface area (Å²) in [5, 5.41) is 21.2. The zero-order chi connectivity index (χ0) is 23.9. The van der Waals surface area contributed by atoms with Gasteiger partial charge in [-0.25, -0.2) is 4.79 Å². The maximum Gasteiger partial charge on any atom is 0.335 e. The van der Waals surface area contributed by atoms with Crippen LogP contribution in [0.2, 0.25) is 0 Å². The van der Waals surface area contributed by atoms with Crippen LogP contribution in [0.1, 0.15) is 21.7 Å². The molecule has 8 nitrogen and oxygen atoms in total. The number of anilines is 1. The van der Waals surface area contributed by atoms with Crippen molar-refractivity contribution < 1.29 is 19.4 Å². The Labute approximate surface area is 200 Å². The average molecular weight is 475 g/mol. The van der Waals surface area contributed by atoms with Crippen molar-refractivity contribution in [2.75, 3.05) is 18.2 Å². The third-order valence-corrected chi connectivity index (χ3v) is 5.89. The highest BCUT2D eigenvalue weighted by atomic mass is 32.2. The molecule has 1 aromatic heterocycles. The molecule has 0 bridgehead atoms. The molecule has 34 heavy (non-hydrogen) atoms. The summed E-state index contributed by atoms with van der Waals surface area (Å²) in [6, 6.07) is 23.6. The van der Waals surface area contributed by atoms with E-state index in [0.717, 1.165) is 22.8 Å². The summed E-state index contributed by atoms with van der Waals surface area (Å²) in [6.45, 7) is 0. The molecule has 172 valence electrons. The Morgan fingerprint density at radius 3 is 2.47 bits per heavy atom. The van der Waals surface area contributed by atoms with Gasteiger partial charge in [-0.1, -0.05) is 48.2 Å². The molecule has 1 amide bonds. The highest BCUT2D eigenvalue weighted by Gasteiger charge is 2.17. The van der Waals surface area contributed by atoms with Crippen LogP contribution in [0.15, 0.2) is 84.0 Å². The summed E-state index contributed by atoms with van der Waals surface area (Å²) in [7, 11) is 1.63. The van der Waals surface area contributed by atoms with Crippen molar-refractivity contribution >= 4 is 29.3 Å². The van der Waals surface area contributed by atoms with Gasteiger partial charge < -0.3 is 15.2 Å². The molecule has 0 aliphatic heterocycles. The first-order chi connectivity index (χ1) is 16.5. The van der Waals surface area contributed by atoms with Crippen molar-refractivity contribution in [1.29, 1.82) is 0 Å². The molecule has 4 aromatic rings. The largest absolute Gasteiger partial charge is 0.497 e. The molecule has 1 heterocycles. The number of nitrogens with zero attached hydrogens (tertiary/aromatic N) is 3. The number of benzene rings is 3. The maximum atomic E-state index is 12.5. The fourth-order valence-electron chi connectivity index (χ4n) is 3.33. The second-order valence-corrected chi connectivity index (χ2v) is 8.26. The van der Waals surface area contributed by atoms with Crippen LogP contribution >= 0.6 is 11.8 Å². The van der Waals surface area contributed by atoms with Crippen molar-refractivity contribution in [1.82, 2.24) is 14.8 Å². The normalized spacial score (nSPS) is 10.6. The summed E-state index contributed by atoms with van der Waals surface area (Å²) in [4.78, 5) is 23.7. The van der Waals surface area contributed by atoms with E-state index in [4.69, 9.17) is 9.84 Å². The standard InChI is InChI=1S/C25H22N4O4S/c1-33-21-12-10-17(11-13-21)14-22-27-28-25(29(22)20-8-3-2-4-9-20)34-16-23(30)26-19-7-5-6-18(15-19)24(31)32/h2-13,15H,14,16H2,1H3,(H,26,30)(H,31,32). The molecule has 0 atom stereocenters. The van der Waals surface area contributed by atoms with Crippen LogP contribution in [-0.4, -0.2) is 44.6 Å². The fraction of sp³-hybridized carbons (Fsp3) is 0.120. The highest BCUT2D eigenvalue weighted by molar-refractivity contribution is 7.99. The smallest absolute Gasteiger partial charge is 0.335 e. The molecule has 0 aliphatic rings. The van der Waals surface area contributed by atoms with E-state index in [0.29, 0.717) is 17.3 Å². The van der Waals surface area contributed by atoms with E-state index in [1.54, 1.807) is 19.2 Å². The van der Waals surface area contributed by atoms with Gasteiger partial charge in [-0.3, -0.25) is 9.36 Å². The first-order valence-electron chi connectivity index (χ1n) is 10.4. The molecule has 0 fully saturated rings. The van der Waals surface area contributed by atoms with Crippen molar-refractivity contribution in [3.8, 4) is 11.4 Å². The minimum Gasteiger partial charge on any atom is -0.497 e. The second-order valence-electron chi connectivity index (χ2n) is 7.32. The third kappa shape index (κ3) is 5.62. The highest BCUT2D eigenvalue weighted by Crippen LogP contribution is 2.24. The molecular formula is C25H22N4O4S. The van der Waals surface area contributed by atoms with Gasteiger partial charge in [0.15, 0.2) is 5.16 Å². The number of hydrogen-bond donors (Lipinski definition) is 2. The van der Waals surface area contributed by atoms with E-state index in [1.807, 2.05) is 59.2 Å². The van der Waals surface area contributed by atoms with Crippen LogP contribution in [0.3, 0.4) is 0 Å². The first-order valence-corrected chi connectivity index (χ1v) is 11.4. The number of carbonyl (C=O) groups is 2. The Bertz CT molecular complexity index is 1290. The van der Waals surface area contributed by atoms with Gasteiger partial charge in [-0.15, -0.1) is 10.2 Å². The van der Waals surface area contributed by atoms with E-state index in [-0.39, 0.29) is 17.2 Å². The Balaban J connectivity index is 1.51. The summed E-state index contributed by atoms with van der Waals surface area (Å²) >= 11 is 1.26. The molecule has 3 aromatic carbocycles. The molecule has 4 rings (SSSR count). The van der Waals surface area contributed by atoms with Crippen LogP contribution < -0.4 is 10.1 Å². The van der Waals surface area contributed by atoms with Gasteiger partial charge in [0.25, 0.3) is 0 Å². The Morgan fingerprint density at radius 2 is 1.76 bits per heavy atom. The number of aromatic carboxylic acids is 1. The number of para-hydroxylation sites is 1. The molecule has 0 aliphatic carbocycles. The third-order valence-electron chi connectivity index (χ3n) is 4.96. The van der Waals surface area contributed by atoms with E-state index in [2.05, 4.69) is 15.5 Å². The van der Waals surface area contributed by atoms with E-state index >= 15 is 0 Å². The van der Waals surface area contributed by atoms with Gasteiger partial charge in [-0.05, 0) is 48.0 Å². The summed E-state index contributed by atoms with van der Waals surface area (Å²) < 4.78 is 7.17. The second kappa shape index (κ2) is 10.7. The molecule has 2 N–H and O–H groups in total. The van der Waals surface area contributed by atoms with Crippen molar-refractivity contribution in [3.63, 3.8) is 0 Å². The maximum absolute atomic E-state index is 12.5. The van der Waals surface area contributed by atoms with Crippen molar-refractivity contribution in [2.45, 2.75) is 11.6 Å². The zero-order valence-electron chi connectivity index (χ0n) is 18.3. The average Bonchev–Trinajstić information content (AvgIpc) is 3.26. The van der Waals surface area contributed by atoms with Gasteiger partial charge in [0.1, 0.15) is 11.6 Å². The number of carbonyl (C=O) groups excluding carboxylic acids is 1. The number of thioether (sulfide) groups is 1. The molecule has 9 heteroatoms. The number of carboxylic acids is 1. The SMILES string of the molecule is COc1ccc(Cc2nnc(SCC(=O)Nc3cccc(C(=O)O)c3)n2-c2ccccc2)cc1. The van der Waals surface area contributed by atoms with Gasteiger partial charge in [0, 0.05) is 17.8 Å². The van der Waals surface area contributed by atoms with Crippen LogP contribution in [0.5, 0.6) is 5.75 Å². The van der Waals surface area contributed by atoms with Crippen molar-refractivity contribution in [2.24, 2.45) is 0 Å². The minimum absolute atomic E-state index is 0.0881. The number of hydrogen-bond acceptors (Lipinski definition) is 6. The lowest BCUT2D eigenvalue weighted by molar-refractivity contribution is -0.113. The monoisotopic (exact) mass is 474 g/mol. The lowest BCUT2D eigenvalue weighted by Gasteiger charge is -2.11. The van der Waals surface area contributed by atoms with Gasteiger partial charge in [0.05, 0.1) is 18.4 Å². The van der Waals surface area contributed by atoms with Crippen molar-refractivity contribution in [3.05, 3.63) is 95.8 Å². The van der Waals surface area contributed by atoms with Crippen LogP contribution in [0, 0.1) is 0 Å². The predicted octanol–water partition coefficient (Wildman–Crippen LogP) is 4.30. The Hall–Kier alpha value is -4.11. The predicted molar refractivity (Wildman–Crippen MR) is 130 cm³/mol. The molecule has 0 spiro atoms. The lowest BCUT2D eigenvalue weighted by atomic mass is 10.1. The molecular weight excluding hydrogens is 452 g/mol. The number of nitrogens with one attached hydrogen (secondary N) is 1. The molecule has 0 saturated carbocycles. The van der Waals surface area contributed by atoms with Crippen LogP contribution in [0.25, 0.3) is 5.69 Å². The van der Waals surface area contributed by atoms with Gasteiger partial charge >= 0.3 is 5.97 Å². The summed E-state index contributed by atoms with van der Waals surface area (Å²) in [5.41, 5.74) is 2.48. The number of aromatic nitrogens is 3. The number of carboxylic acid groups (broad SMARTS) is 1. The Kier molecular flexibility index (Phi) is 7.24. The van der Waals surface area contributed by atoms with Gasteiger partial charge in [-0.2, -0.15) is 0 Å². The number of methoxy groups -OCH3 is 1. The quantitative estimate of drug-likeness (QED) is 0.349. The number of amides is 1. The topological polar surface area (TPSA) is 106 Å². The fourth-order valence-corrected chi connectivity index (χ4v) is 4.10. The first kappa shape index (κ1) is 23.1. The summed E-state index contributed by atoms with van der Waals surface area (Å²) in [6.07, 6.45) is 0.556. The van der Waals surface area contributed by atoms with Gasteiger partial charge in [0.2, 0.25) is 5.91 Å². The molecule has 0 radical (unpaired) electrons. The van der Waals surface area contributed by atoms with E-state index < -0.39 is 5.97 Å². The van der Waals surface area contributed by atoms with Crippen LogP contribution in [0.4, 0.5) is 5.69 Å². The Morgan fingerprint density at radius 1 is 1.00 bits per heavy atom. The van der Waals surface area contributed by atoms with E-state index in [9.17, 15) is 9.59 Å². The van der Waals surface area contributed by atoms with Crippen LogP contribution in [-0.2, 0) is 11.2 Å². The zero-order valence-corrected chi connectivity index (χ0v) is 19.2. The minimum atomic E-state index is -1.05. The molecule has 0 saturated heterocycles. The molecule has 0 unspecified atom stereocenters. The van der Waals surface area contributed by atoms with E-state index in [1.165, 1.54) is 23.9 Å².